The van der Waals surface area contributed by atoms with Crippen molar-refractivity contribution in [3.05, 3.63) is 70.2 Å². The number of likely N-dealkylation sites (tertiary alicyclic amines) is 1. The lowest BCUT2D eigenvalue weighted by Crippen LogP contribution is -2.49. The van der Waals surface area contributed by atoms with Crippen molar-refractivity contribution in [2.45, 2.75) is 18.4 Å². The molecule has 136 valence electrons. The number of amides is 2. The molecule has 0 bridgehead atoms. The van der Waals surface area contributed by atoms with Crippen molar-refractivity contribution < 1.29 is 9.53 Å². The average molecular weight is 415 g/mol. The Morgan fingerprint density at radius 1 is 1.04 bits per heavy atom. The standard InChI is InChI=1S/C21H23BrN2O2/c22-19-9-5-4-8-18(19)17-10-11-23(14-17)21(25)24-12-13-26-15-20(24)16-6-2-1-3-7-16/h1-9,17,20H,10-15H2/t17?,20-/m1/s1. The zero-order chi connectivity index (χ0) is 17.9. The maximum atomic E-state index is 13.2. The Bertz CT molecular complexity index is 768. The first kappa shape index (κ1) is 17.6. The molecular formula is C21H23BrN2O2. The number of urea groups is 1. The molecule has 2 aromatic carbocycles. The first-order chi connectivity index (χ1) is 12.7. The lowest BCUT2D eigenvalue weighted by molar-refractivity contribution is 0.00445. The van der Waals surface area contributed by atoms with Gasteiger partial charge in [-0.3, -0.25) is 0 Å². The van der Waals surface area contributed by atoms with Crippen molar-refractivity contribution in [2.24, 2.45) is 0 Å². The SMILES string of the molecule is O=C(N1CCC(c2ccccc2Br)C1)N1CCOC[C@@H]1c1ccccc1. The molecule has 1 unspecified atom stereocenters. The van der Waals surface area contributed by atoms with Crippen LogP contribution in [0.5, 0.6) is 0 Å². The van der Waals surface area contributed by atoms with E-state index in [0.29, 0.717) is 25.7 Å². The number of hydrogen-bond acceptors (Lipinski definition) is 2. The Morgan fingerprint density at radius 2 is 1.81 bits per heavy atom. The first-order valence-electron chi connectivity index (χ1n) is 9.16. The molecule has 2 atom stereocenters. The predicted octanol–water partition coefficient (Wildman–Crippen LogP) is 4.43. The Hall–Kier alpha value is -1.85. The summed E-state index contributed by atoms with van der Waals surface area (Å²) < 4.78 is 6.80. The highest BCUT2D eigenvalue weighted by Crippen LogP contribution is 2.34. The van der Waals surface area contributed by atoms with E-state index in [2.05, 4.69) is 46.3 Å². The fourth-order valence-electron chi connectivity index (χ4n) is 3.96. The second kappa shape index (κ2) is 7.80. The van der Waals surface area contributed by atoms with Gasteiger partial charge in [-0.05, 0) is 23.6 Å². The van der Waals surface area contributed by atoms with E-state index in [1.165, 1.54) is 5.56 Å². The highest BCUT2D eigenvalue weighted by molar-refractivity contribution is 9.10. The van der Waals surface area contributed by atoms with E-state index < -0.39 is 0 Å². The summed E-state index contributed by atoms with van der Waals surface area (Å²) in [5.41, 5.74) is 2.44. The monoisotopic (exact) mass is 414 g/mol. The molecule has 0 spiro atoms. The summed E-state index contributed by atoms with van der Waals surface area (Å²) in [6.45, 7) is 3.41. The zero-order valence-electron chi connectivity index (χ0n) is 14.7. The summed E-state index contributed by atoms with van der Waals surface area (Å²) in [5.74, 6) is 0.394. The number of halogens is 1. The molecule has 4 nitrogen and oxygen atoms in total. The number of carbonyl (C=O) groups excluding carboxylic acids is 1. The number of nitrogens with zero attached hydrogens (tertiary/aromatic N) is 2. The highest BCUT2D eigenvalue weighted by atomic mass is 79.9. The van der Waals surface area contributed by atoms with Crippen molar-refractivity contribution in [2.75, 3.05) is 32.8 Å². The molecule has 2 saturated heterocycles. The first-order valence-corrected chi connectivity index (χ1v) is 9.96. The van der Waals surface area contributed by atoms with Crippen LogP contribution in [0.4, 0.5) is 4.79 Å². The van der Waals surface area contributed by atoms with Crippen LogP contribution in [0.25, 0.3) is 0 Å². The molecule has 0 radical (unpaired) electrons. The van der Waals surface area contributed by atoms with Gasteiger partial charge in [0.15, 0.2) is 0 Å². The van der Waals surface area contributed by atoms with Crippen LogP contribution in [0.3, 0.4) is 0 Å². The summed E-state index contributed by atoms with van der Waals surface area (Å²) in [7, 11) is 0. The van der Waals surface area contributed by atoms with Crippen molar-refractivity contribution in [3.8, 4) is 0 Å². The molecule has 2 aliphatic heterocycles. The molecule has 0 aromatic heterocycles. The lowest BCUT2D eigenvalue weighted by Gasteiger charge is -2.38. The van der Waals surface area contributed by atoms with E-state index in [4.69, 9.17) is 4.74 Å². The summed E-state index contributed by atoms with van der Waals surface area (Å²) in [6, 6.07) is 18.7. The second-order valence-electron chi connectivity index (χ2n) is 6.93. The molecule has 26 heavy (non-hydrogen) atoms. The van der Waals surface area contributed by atoms with Gasteiger partial charge >= 0.3 is 6.03 Å². The molecule has 0 N–H and O–H groups in total. The normalized spacial score (nSPS) is 23.3. The minimum absolute atomic E-state index is 0.0000357. The largest absolute Gasteiger partial charge is 0.377 e. The van der Waals surface area contributed by atoms with Gasteiger partial charge in [-0.25, -0.2) is 4.79 Å². The molecule has 2 aliphatic rings. The summed E-state index contributed by atoms with van der Waals surface area (Å²) in [4.78, 5) is 17.2. The van der Waals surface area contributed by atoms with E-state index in [1.807, 2.05) is 34.1 Å². The van der Waals surface area contributed by atoms with E-state index in [9.17, 15) is 4.79 Å². The molecule has 5 heteroatoms. The molecule has 4 rings (SSSR count). The Morgan fingerprint density at radius 3 is 2.62 bits per heavy atom. The summed E-state index contributed by atoms with van der Waals surface area (Å²) in [6.07, 6.45) is 1.01. The number of ether oxygens (including phenoxy) is 1. The van der Waals surface area contributed by atoms with Crippen LogP contribution in [-0.4, -0.2) is 48.7 Å². The second-order valence-corrected chi connectivity index (χ2v) is 7.78. The minimum atomic E-state index is -0.0000357. The van der Waals surface area contributed by atoms with Gasteiger partial charge in [0.25, 0.3) is 0 Å². The smallest absolute Gasteiger partial charge is 0.320 e. The Labute approximate surface area is 162 Å². The fourth-order valence-corrected chi connectivity index (χ4v) is 4.57. The van der Waals surface area contributed by atoms with Gasteiger partial charge < -0.3 is 14.5 Å². The Balaban J connectivity index is 1.49. The van der Waals surface area contributed by atoms with E-state index in [0.717, 1.165) is 29.5 Å². The van der Waals surface area contributed by atoms with E-state index in [-0.39, 0.29) is 12.1 Å². The van der Waals surface area contributed by atoms with Crippen molar-refractivity contribution >= 4 is 22.0 Å². The molecule has 2 aromatic rings. The summed E-state index contributed by atoms with van der Waals surface area (Å²) >= 11 is 3.65. The minimum Gasteiger partial charge on any atom is -0.377 e. The maximum absolute atomic E-state index is 13.2. The zero-order valence-corrected chi connectivity index (χ0v) is 16.3. The third-order valence-corrected chi connectivity index (χ3v) is 6.08. The third-order valence-electron chi connectivity index (χ3n) is 5.36. The molecule has 0 saturated carbocycles. The van der Waals surface area contributed by atoms with E-state index in [1.54, 1.807) is 0 Å². The van der Waals surface area contributed by atoms with Gasteiger partial charge in [-0.2, -0.15) is 0 Å². The topological polar surface area (TPSA) is 32.8 Å². The molecule has 0 aliphatic carbocycles. The molecular weight excluding hydrogens is 392 g/mol. The van der Waals surface area contributed by atoms with Gasteiger partial charge in [-0.15, -0.1) is 0 Å². The van der Waals surface area contributed by atoms with Crippen LogP contribution in [0, 0.1) is 0 Å². The fraction of sp³-hybridized carbons (Fsp3) is 0.381. The van der Waals surface area contributed by atoms with Gasteiger partial charge in [0.05, 0.1) is 19.3 Å². The molecule has 2 heterocycles. The third kappa shape index (κ3) is 3.51. The van der Waals surface area contributed by atoms with E-state index >= 15 is 0 Å². The number of morpholine rings is 1. The number of rotatable bonds is 2. The van der Waals surface area contributed by atoms with Crippen molar-refractivity contribution in [1.29, 1.82) is 0 Å². The maximum Gasteiger partial charge on any atom is 0.320 e. The van der Waals surface area contributed by atoms with Crippen LogP contribution in [0.1, 0.15) is 29.5 Å². The van der Waals surface area contributed by atoms with Gasteiger partial charge in [0.1, 0.15) is 0 Å². The number of carbonyl (C=O) groups is 1. The Kier molecular flexibility index (Phi) is 5.27. The van der Waals surface area contributed by atoms with Crippen LogP contribution >= 0.6 is 15.9 Å². The van der Waals surface area contributed by atoms with Gasteiger partial charge in [-0.1, -0.05) is 64.5 Å². The van der Waals surface area contributed by atoms with Gasteiger partial charge in [0, 0.05) is 30.0 Å². The summed E-state index contributed by atoms with van der Waals surface area (Å²) in [5, 5.41) is 0. The van der Waals surface area contributed by atoms with Crippen LogP contribution in [0.2, 0.25) is 0 Å². The lowest BCUT2D eigenvalue weighted by atomic mass is 9.99. The van der Waals surface area contributed by atoms with Crippen LogP contribution < -0.4 is 0 Å². The quantitative estimate of drug-likeness (QED) is 0.727. The highest BCUT2D eigenvalue weighted by Gasteiger charge is 2.35. The van der Waals surface area contributed by atoms with Crippen molar-refractivity contribution in [1.82, 2.24) is 9.80 Å². The molecule has 2 amide bonds. The number of benzene rings is 2. The van der Waals surface area contributed by atoms with Crippen LogP contribution in [-0.2, 0) is 4.74 Å². The molecule has 2 fully saturated rings. The predicted molar refractivity (Wildman–Crippen MR) is 105 cm³/mol. The number of hydrogen-bond donors (Lipinski definition) is 0. The van der Waals surface area contributed by atoms with Crippen molar-refractivity contribution in [3.63, 3.8) is 0 Å². The van der Waals surface area contributed by atoms with Gasteiger partial charge in [0.2, 0.25) is 0 Å². The van der Waals surface area contributed by atoms with Crippen LogP contribution in [0.15, 0.2) is 59.1 Å². The average Bonchev–Trinajstić information content (AvgIpc) is 3.18.